The van der Waals surface area contributed by atoms with Crippen LogP contribution in [0.3, 0.4) is 0 Å². The summed E-state index contributed by atoms with van der Waals surface area (Å²) in [6, 6.07) is 1.87. The van der Waals surface area contributed by atoms with Gasteiger partial charge in [0.05, 0.1) is 24.6 Å². The van der Waals surface area contributed by atoms with Crippen molar-refractivity contribution in [1.29, 1.82) is 0 Å². The van der Waals surface area contributed by atoms with Gasteiger partial charge in [-0.2, -0.15) is 17.5 Å². The highest BCUT2D eigenvalue weighted by molar-refractivity contribution is 7.89. The van der Waals surface area contributed by atoms with Gasteiger partial charge in [-0.3, -0.25) is 0 Å². The first-order valence-corrected chi connectivity index (χ1v) is 10.4. The van der Waals surface area contributed by atoms with E-state index in [2.05, 4.69) is 4.85 Å². The third-order valence-electron chi connectivity index (χ3n) is 4.96. The lowest BCUT2D eigenvalue weighted by Crippen LogP contribution is -2.48. The molecule has 0 saturated carbocycles. The zero-order valence-corrected chi connectivity index (χ0v) is 17.1. The molecular weight excluding hydrogens is 482 g/mol. The molecule has 0 radical (unpaired) electrons. The van der Waals surface area contributed by atoms with Crippen molar-refractivity contribution >= 4 is 15.7 Å². The van der Waals surface area contributed by atoms with Gasteiger partial charge in [-0.1, -0.05) is 12.1 Å². The highest BCUT2D eigenvalue weighted by atomic mass is 32.2. The van der Waals surface area contributed by atoms with Crippen LogP contribution in [0.5, 0.6) is 5.75 Å². The van der Waals surface area contributed by atoms with E-state index in [0.29, 0.717) is 28.6 Å². The number of halogens is 6. The zero-order valence-electron chi connectivity index (χ0n) is 16.3. The largest absolute Gasteiger partial charge is 0.483 e. The highest BCUT2D eigenvalue weighted by Crippen LogP contribution is 2.38. The summed E-state index contributed by atoms with van der Waals surface area (Å²) < 4.78 is 111. The molecule has 1 saturated heterocycles. The minimum atomic E-state index is -4.83. The molecule has 0 bridgehead atoms. The lowest BCUT2D eigenvalue weighted by molar-refractivity contribution is -0.137. The van der Waals surface area contributed by atoms with Gasteiger partial charge in [0, 0.05) is 24.2 Å². The van der Waals surface area contributed by atoms with Crippen molar-refractivity contribution in [3.8, 4) is 5.75 Å². The number of benzene rings is 2. The number of rotatable bonds is 5. The molecule has 2 aromatic carbocycles. The predicted octanol–water partition coefficient (Wildman–Crippen LogP) is 2.85. The van der Waals surface area contributed by atoms with Crippen molar-refractivity contribution in [1.82, 2.24) is 4.31 Å². The molecule has 2 atom stereocenters. The topological polar surface area (TPSA) is 91.4 Å². The molecule has 0 aliphatic carbocycles. The maximum Gasteiger partial charge on any atom is 0.415 e. The summed E-state index contributed by atoms with van der Waals surface area (Å²) in [6.45, 7) is 4.35. The van der Waals surface area contributed by atoms with E-state index in [9.17, 15) is 45.0 Å². The van der Waals surface area contributed by atoms with E-state index in [0.717, 1.165) is 0 Å². The Hall–Kier alpha value is -2.86. The summed E-state index contributed by atoms with van der Waals surface area (Å²) in [7, 11) is -4.70. The van der Waals surface area contributed by atoms with Gasteiger partial charge in [0.1, 0.15) is 11.7 Å². The summed E-state index contributed by atoms with van der Waals surface area (Å²) in [6.07, 6.45) is -6.51. The normalized spacial score (nSPS) is 21.7. The van der Waals surface area contributed by atoms with Crippen molar-refractivity contribution in [3.63, 3.8) is 0 Å². The van der Waals surface area contributed by atoms with E-state index in [-0.39, 0.29) is 6.07 Å². The van der Waals surface area contributed by atoms with Crippen LogP contribution >= 0.6 is 0 Å². The Morgan fingerprint density at radius 2 is 1.79 bits per heavy atom. The number of sulfonamides is 1. The Bertz CT molecular complexity index is 1230. The van der Waals surface area contributed by atoms with Crippen LogP contribution in [0.2, 0.25) is 0 Å². The number of aliphatic hydroxyl groups excluding tert-OH is 1. The highest BCUT2D eigenvalue weighted by Gasteiger charge is 2.51. The Balaban J connectivity index is 1.96. The lowest BCUT2D eigenvalue weighted by atomic mass is 10.0. The van der Waals surface area contributed by atoms with Crippen LogP contribution in [-0.4, -0.2) is 54.3 Å². The molecule has 2 aromatic rings. The van der Waals surface area contributed by atoms with Gasteiger partial charge < -0.3 is 14.9 Å². The van der Waals surface area contributed by atoms with Gasteiger partial charge in [-0.15, -0.1) is 0 Å². The zero-order chi connectivity index (χ0) is 24.8. The van der Waals surface area contributed by atoms with Crippen LogP contribution in [0.15, 0.2) is 35.2 Å². The molecule has 33 heavy (non-hydrogen) atoms. The molecule has 1 aliphatic rings. The van der Waals surface area contributed by atoms with Crippen LogP contribution in [0, 0.1) is 24.0 Å². The smallest absolute Gasteiger partial charge is 0.415 e. The first kappa shape index (κ1) is 24.8. The standard InChI is InChI=1S/C19H14F6N2O5S/c1-26-14-4-10(19(23,24)25)2-3-16(14)33(30,31)27-7-17(18(29,8-27)9-28)32-15-6-12(21)11(20)5-13(15)22/h2-6,17,28-29H,7-9H2/t17-,18+/m0/s1. The molecular formula is C19H14F6N2O5S. The third-order valence-corrected chi connectivity index (χ3v) is 6.82. The SMILES string of the molecule is [C-]#[N+]c1cc(C(F)(F)F)ccc1S(=O)(=O)N1C[C@H](Oc2cc(F)c(F)cc2F)[C@](O)(CO)C1. The number of hydrogen-bond acceptors (Lipinski definition) is 5. The van der Waals surface area contributed by atoms with Crippen molar-refractivity contribution in [3.05, 3.63) is 64.8 Å². The molecule has 1 heterocycles. The average molecular weight is 496 g/mol. The molecule has 1 aliphatic heterocycles. The average Bonchev–Trinajstić information content (AvgIpc) is 3.08. The fourth-order valence-corrected chi connectivity index (χ4v) is 4.81. The Morgan fingerprint density at radius 1 is 1.15 bits per heavy atom. The van der Waals surface area contributed by atoms with Gasteiger partial charge in [0.15, 0.2) is 23.2 Å². The molecule has 2 N–H and O–H groups in total. The molecule has 0 unspecified atom stereocenters. The van der Waals surface area contributed by atoms with Crippen LogP contribution in [0.4, 0.5) is 32.0 Å². The Morgan fingerprint density at radius 3 is 2.36 bits per heavy atom. The number of alkyl halides is 3. The first-order chi connectivity index (χ1) is 15.2. The number of hydrogen-bond donors (Lipinski definition) is 2. The predicted molar refractivity (Wildman–Crippen MR) is 99.2 cm³/mol. The second-order valence-electron chi connectivity index (χ2n) is 7.15. The second kappa shape index (κ2) is 8.49. The number of β-amino-alcohol motifs (C(OH)–C–C–N with tert-alkyl or cyclic N) is 1. The van der Waals surface area contributed by atoms with E-state index in [1.54, 1.807) is 0 Å². The molecule has 7 nitrogen and oxygen atoms in total. The minimum Gasteiger partial charge on any atom is -0.483 e. The lowest BCUT2D eigenvalue weighted by Gasteiger charge is -2.27. The molecule has 0 aromatic heterocycles. The van der Waals surface area contributed by atoms with E-state index < -0.39 is 86.9 Å². The first-order valence-electron chi connectivity index (χ1n) is 8.96. The summed E-state index contributed by atoms with van der Waals surface area (Å²) >= 11 is 0. The van der Waals surface area contributed by atoms with Crippen LogP contribution in [-0.2, 0) is 16.2 Å². The van der Waals surface area contributed by atoms with Crippen molar-refractivity contribution in [2.45, 2.75) is 22.8 Å². The van der Waals surface area contributed by atoms with Crippen molar-refractivity contribution in [2.75, 3.05) is 19.7 Å². The fraction of sp³-hybridized carbons (Fsp3) is 0.316. The van der Waals surface area contributed by atoms with E-state index in [1.165, 1.54) is 0 Å². The Labute approximate surface area is 183 Å². The summed E-state index contributed by atoms with van der Waals surface area (Å²) in [5.41, 5.74) is -4.43. The van der Waals surface area contributed by atoms with Crippen molar-refractivity contribution in [2.24, 2.45) is 0 Å². The molecule has 0 spiro atoms. The van der Waals surface area contributed by atoms with Crippen LogP contribution in [0.25, 0.3) is 4.85 Å². The monoisotopic (exact) mass is 496 g/mol. The van der Waals surface area contributed by atoms with Crippen LogP contribution < -0.4 is 4.74 Å². The summed E-state index contributed by atoms with van der Waals surface area (Å²) in [5, 5.41) is 20.2. The maximum atomic E-state index is 13.9. The minimum absolute atomic E-state index is 0.163. The molecule has 1 fully saturated rings. The van der Waals surface area contributed by atoms with Gasteiger partial charge in [-0.05, 0) is 6.07 Å². The Kier molecular flexibility index (Phi) is 6.37. The number of aliphatic hydroxyl groups is 2. The maximum absolute atomic E-state index is 13.9. The summed E-state index contributed by atoms with van der Waals surface area (Å²) in [5.74, 6) is -5.26. The van der Waals surface area contributed by atoms with Gasteiger partial charge in [0.2, 0.25) is 15.7 Å². The molecule has 0 amide bonds. The van der Waals surface area contributed by atoms with E-state index >= 15 is 0 Å². The van der Waals surface area contributed by atoms with Gasteiger partial charge in [0.25, 0.3) is 0 Å². The summed E-state index contributed by atoms with van der Waals surface area (Å²) in [4.78, 5) is 2.03. The molecule has 3 rings (SSSR count). The quantitative estimate of drug-likeness (QED) is 0.378. The van der Waals surface area contributed by atoms with Crippen LogP contribution in [0.1, 0.15) is 5.56 Å². The number of nitrogens with zero attached hydrogens (tertiary/aromatic N) is 2. The van der Waals surface area contributed by atoms with E-state index in [4.69, 9.17) is 11.3 Å². The van der Waals surface area contributed by atoms with Gasteiger partial charge >= 0.3 is 6.18 Å². The van der Waals surface area contributed by atoms with Crippen molar-refractivity contribution < 1.29 is 49.7 Å². The van der Waals surface area contributed by atoms with Gasteiger partial charge in [-0.25, -0.2) is 26.4 Å². The number of ether oxygens (including phenoxy) is 1. The second-order valence-corrected chi connectivity index (χ2v) is 9.06. The van der Waals surface area contributed by atoms with E-state index in [1.807, 2.05) is 0 Å². The fourth-order valence-electron chi connectivity index (χ4n) is 3.19. The molecule has 178 valence electrons. The molecule has 14 heteroatoms. The third kappa shape index (κ3) is 4.62.